The van der Waals surface area contributed by atoms with Crippen LogP contribution in [0.15, 0.2) is 41.6 Å². The second-order valence-corrected chi connectivity index (χ2v) is 10.4. The number of nitrogens with zero attached hydrogens (tertiary/aromatic N) is 3. The maximum absolute atomic E-state index is 12.9. The molecule has 2 N–H and O–H groups in total. The Morgan fingerprint density at radius 3 is 2.37 bits per heavy atom. The van der Waals surface area contributed by atoms with Crippen molar-refractivity contribution in [1.29, 1.82) is 0 Å². The molecular weight excluding hydrogens is 529 g/mol. The number of carbonyl (C=O) groups excluding carboxylic acids is 2. The first kappa shape index (κ1) is 27.3. The first-order chi connectivity index (χ1) is 16.6. The van der Waals surface area contributed by atoms with Gasteiger partial charge in [0.1, 0.15) is 0 Å². The van der Waals surface area contributed by atoms with Crippen LogP contribution in [0.1, 0.15) is 48.6 Å². The Bertz CT molecular complexity index is 1210. The molecule has 2 aromatic carbocycles. The molecule has 2 amide bonds. The summed E-state index contributed by atoms with van der Waals surface area (Å²) in [5.74, 6) is 0.281. The van der Waals surface area contributed by atoms with Crippen LogP contribution in [-0.4, -0.2) is 32.3 Å². The first-order valence-electron chi connectivity index (χ1n) is 11.0. The number of aromatic nitrogens is 3. The zero-order chi connectivity index (χ0) is 25.7. The van der Waals surface area contributed by atoms with Crippen molar-refractivity contribution in [3.05, 3.63) is 68.4 Å². The predicted molar refractivity (Wildman–Crippen MR) is 143 cm³/mol. The van der Waals surface area contributed by atoms with Gasteiger partial charge in [-0.05, 0) is 44.0 Å². The number of halogens is 3. The number of rotatable bonds is 9. The number of amides is 2. The predicted octanol–water partition coefficient (Wildman–Crippen LogP) is 6.42. The van der Waals surface area contributed by atoms with Crippen LogP contribution < -0.4 is 10.6 Å². The van der Waals surface area contributed by atoms with Crippen LogP contribution >= 0.6 is 46.6 Å². The van der Waals surface area contributed by atoms with Gasteiger partial charge in [-0.2, -0.15) is 0 Å². The molecule has 3 aromatic rings. The summed E-state index contributed by atoms with van der Waals surface area (Å²) in [5.41, 5.74) is 1.90. The molecule has 0 bridgehead atoms. The molecule has 0 unspecified atom stereocenters. The molecule has 1 aromatic heterocycles. The van der Waals surface area contributed by atoms with Gasteiger partial charge in [-0.1, -0.05) is 78.1 Å². The number of anilines is 1. The smallest absolute Gasteiger partial charge is 0.251 e. The highest BCUT2D eigenvalue weighted by Crippen LogP contribution is 2.34. The average Bonchev–Trinajstić information content (AvgIpc) is 3.20. The van der Waals surface area contributed by atoms with E-state index in [-0.39, 0.29) is 39.6 Å². The van der Waals surface area contributed by atoms with E-state index in [0.717, 1.165) is 5.56 Å². The highest BCUT2D eigenvalue weighted by atomic mass is 35.5. The van der Waals surface area contributed by atoms with Crippen molar-refractivity contribution in [2.45, 2.75) is 45.4 Å². The molecule has 0 spiro atoms. The van der Waals surface area contributed by atoms with Crippen LogP contribution in [0.2, 0.25) is 15.1 Å². The molecule has 0 fully saturated rings. The molecule has 0 saturated heterocycles. The Labute approximate surface area is 223 Å². The van der Waals surface area contributed by atoms with Gasteiger partial charge in [0, 0.05) is 17.1 Å². The van der Waals surface area contributed by atoms with Crippen molar-refractivity contribution in [3.8, 4) is 0 Å². The molecule has 0 radical (unpaired) electrons. The summed E-state index contributed by atoms with van der Waals surface area (Å²) in [7, 11) is 0. The van der Waals surface area contributed by atoms with E-state index in [1.807, 2.05) is 50.5 Å². The molecule has 35 heavy (non-hydrogen) atoms. The van der Waals surface area contributed by atoms with Gasteiger partial charge in [0.2, 0.25) is 5.91 Å². The standard InChI is InChI=1S/C24H26Cl3N5O2S/c1-5-32-22(20(13(2)3)29-23(34)15-8-6-7-14(4)9-15)30-31-24(32)35-12-19(33)28-21-17(26)10-16(25)11-18(21)27/h6-11,13,20H,5,12H2,1-4H3,(H,28,33)(H,29,34)/t20-/m0/s1. The van der Waals surface area contributed by atoms with E-state index in [1.165, 1.54) is 23.9 Å². The molecule has 1 atom stereocenters. The van der Waals surface area contributed by atoms with Crippen LogP contribution in [0.25, 0.3) is 0 Å². The van der Waals surface area contributed by atoms with Crippen LogP contribution in [0.3, 0.4) is 0 Å². The van der Waals surface area contributed by atoms with Crippen LogP contribution in [0, 0.1) is 12.8 Å². The molecule has 0 saturated carbocycles. The second-order valence-electron chi connectivity index (χ2n) is 8.23. The zero-order valence-corrected chi connectivity index (χ0v) is 22.8. The number of hydrogen-bond donors (Lipinski definition) is 2. The normalized spacial score (nSPS) is 12.0. The quantitative estimate of drug-likeness (QED) is 0.298. The van der Waals surface area contributed by atoms with Crippen molar-refractivity contribution in [1.82, 2.24) is 20.1 Å². The van der Waals surface area contributed by atoms with Crippen molar-refractivity contribution in [3.63, 3.8) is 0 Å². The lowest BCUT2D eigenvalue weighted by molar-refractivity contribution is -0.113. The summed E-state index contributed by atoms with van der Waals surface area (Å²) in [6.45, 7) is 8.50. The van der Waals surface area contributed by atoms with E-state index >= 15 is 0 Å². The molecule has 1 heterocycles. The van der Waals surface area contributed by atoms with E-state index in [1.54, 1.807) is 6.07 Å². The van der Waals surface area contributed by atoms with E-state index in [0.29, 0.717) is 33.8 Å². The van der Waals surface area contributed by atoms with E-state index < -0.39 is 0 Å². The highest BCUT2D eigenvalue weighted by molar-refractivity contribution is 7.99. The molecule has 7 nitrogen and oxygen atoms in total. The summed E-state index contributed by atoms with van der Waals surface area (Å²) in [6.07, 6.45) is 0. The fraction of sp³-hybridized carbons (Fsp3) is 0.333. The molecular formula is C24H26Cl3N5O2S. The second kappa shape index (κ2) is 12.1. The summed E-state index contributed by atoms with van der Waals surface area (Å²) in [6, 6.07) is 10.1. The Hall–Kier alpha value is -2.26. The molecule has 186 valence electrons. The molecule has 0 aliphatic carbocycles. The fourth-order valence-electron chi connectivity index (χ4n) is 3.44. The van der Waals surface area contributed by atoms with Gasteiger partial charge in [-0.25, -0.2) is 0 Å². The third-order valence-electron chi connectivity index (χ3n) is 5.18. The Kier molecular flexibility index (Phi) is 9.47. The lowest BCUT2D eigenvalue weighted by atomic mass is 10.0. The number of aryl methyl sites for hydroxylation is 1. The SMILES string of the molecule is CCn1c(SCC(=O)Nc2c(Cl)cc(Cl)cc2Cl)nnc1[C@@H](NC(=O)c1cccc(C)c1)C(C)C. The van der Waals surface area contributed by atoms with Crippen LogP contribution in [0.4, 0.5) is 5.69 Å². The fourth-order valence-corrected chi connectivity index (χ4v) is 5.16. The minimum absolute atomic E-state index is 0.0635. The van der Waals surface area contributed by atoms with E-state index in [2.05, 4.69) is 20.8 Å². The molecule has 0 aliphatic rings. The highest BCUT2D eigenvalue weighted by Gasteiger charge is 2.26. The van der Waals surface area contributed by atoms with Crippen molar-refractivity contribution in [2.24, 2.45) is 5.92 Å². The van der Waals surface area contributed by atoms with Gasteiger partial charge in [-0.3, -0.25) is 9.59 Å². The van der Waals surface area contributed by atoms with Crippen molar-refractivity contribution in [2.75, 3.05) is 11.1 Å². The largest absolute Gasteiger partial charge is 0.342 e. The van der Waals surface area contributed by atoms with Gasteiger partial charge in [0.05, 0.1) is 27.5 Å². The number of nitrogens with one attached hydrogen (secondary N) is 2. The Balaban J connectivity index is 1.73. The Morgan fingerprint density at radius 1 is 1.09 bits per heavy atom. The van der Waals surface area contributed by atoms with Gasteiger partial charge in [0.15, 0.2) is 11.0 Å². The minimum atomic E-state index is -0.356. The lowest BCUT2D eigenvalue weighted by Crippen LogP contribution is -2.33. The van der Waals surface area contributed by atoms with Gasteiger partial charge >= 0.3 is 0 Å². The third kappa shape index (κ3) is 6.91. The summed E-state index contributed by atoms with van der Waals surface area (Å²) in [5, 5.41) is 15.9. The summed E-state index contributed by atoms with van der Waals surface area (Å²) < 4.78 is 1.90. The third-order valence-corrected chi connectivity index (χ3v) is 6.96. The summed E-state index contributed by atoms with van der Waals surface area (Å²) >= 11 is 19.5. The average molecular weight is 555 g/mol. The Morgan fingerprint density at radius 2 is 1.77 bits per heavy atom. The van der Waals surface area contributed by atoms with Gasteiger partial charge < -0.3 is 15.2 Å². The van der Waals surface area contributed by atoms with Gasteiger partial charge in [-0.15, -0.1) is 10.2 Å². The van der Waals surface area contributed by atoms with E-state index in [4.69, 9.17) is 34.8 Å². The first-order valence-corrected chi connectivity index (χ1v) is 13.1. The number of benzene rings is 2. The van der Waals surface area contributed by atoms with Crippen LogP contribution in [0.5, 0.6) is 0 Å². The van der Waals surface area contributed by atoms with Gasteiger partial charge in [0.25, 0.3) is 5.91 Å². The minimum Gasteiger partial charge on any atom is -0.342 e. The zero-order valence-electron chi connectivity index (χ0n) is 19.7. The van der Waals surface area contributed by atoms with Crippen LogP contribution in [-0.2, 0) is 11.3 Å². The summed E-state index contributed by atoms with van der Waals surface area (Å²) in [4.78, 5) is 25.5. The number of hydrogen-bond acceptors (Lipinski definition) is 5. The van der Waals surface area contributed by atoms with E-state index in [9.17, 15) is 9.59 Å². The maximum Gasteiger partial charge on any atom is 0.251 e. The number of carbonyl (C=O) groups is 2. The number of thioether (sulfide) groups is 1. The monoisotopic (exact) mass is 553 g/mol. The molecule has 11 heteroatoms. The lowest BCUT2D eigenvalue weighted by Gasteiger charge is -2.22. The maximum atomic E-state index is 12.9. The van der Waals surface area contributed by atoms with Crippen molar-refractivity contribution >= 4 is 64.1 Å². The molecule has 3 rings (SSSR count). The topological polar surface area (TPSA) is 88.9 Å². The van der Waals surface area contributed by atoms with Crippen molar-refractivity contribution < 1.29 is 9.59 Å². The molecule has 0 aliphatic heterocycles.